The normalized spacial score (nSPS) is 22.8. The third-order valence-corrected chi connectivity index (χ3v) is 5.03. The Kier molecular flexibility index (Phi) is 4.20. The number of hydrogen-bond donors (Lipinski definition) is 0. The molecule has 28 heavy (non-hydrogen) atoms. The highest BCUT2D eigenvalue weighted by atomic mass is 19.4. The number of piperazine rings is 1. The molecule has 0 saturated carbocycles. The number of amides is 1. The van der Waals surface area contributed by atoms with Crippen LogP contribution in [0.3, 0.4) is 0 Å². The lowest BCUT2D eigenvalue weighted by atomic mass is 10.2. The van der Waals surface area contributed by atoms with Crippen LogP contribution in [0.25, 0.3) is 5.65 Å². The van der Waals surface area contributed by atoms with Gasteiger partial charge >= 0.3 is 12.3 Å². The largest absolute Gasteiger partial charge is 0.444 e. The van der Waals surface area contributed by atoms with Crippen LogP contribution in [0.5, 0.6) is 0 Å². The van der Waals surface area contributed by atoms with Crippen LogP contribution in [0.1, 0.15) is 39.2 Å². The number of halogens is 3. The summed E-state index contributed by atoms with van der Waals surface area (Å²) in [4.78, 5) is 20.3. The number of aromatic nitrogens is 3. The first-order valence-corrected chi connectivity index (χ1v) is 9.22. The molecule has 2 atom stereocenters. The van der Waals surface area contributed by atoms with Crippen molar-refractivity contribution in [3.05, 3.63) is 23.9 Å². The van der Waals surface area contributed by atoms with E-state index in [1.165, 1.54) is 12.3 Å². The Bertz CT molecular complexity index is 891. The fourth-order valence-corrected chi connectivity index (χ4v) is 3.93. The van der Waals surface area contributed by atoms with E-state index < -0.39 is 17.3 Å². The second kappa shape index (κ2) is 6.25. The average Bonchev–Trinajstić information content (AvgIpc) is 3.11. The molecule has 10 heteroatoms. The van der Waals surface area contributed by atoms with Gasteiger partial charge in [-0.3, -0.25) is 4.90 Å². The summed E-state index contributed by atoms with van der Waals surface area (Å²) in [5.74, 6) is 0.248. The number of ether oxygens (including phenoxy) is 1. The van der Waals surface area contributed by atoms with Gasteiger partial charge in [0.1, 0.15) is 11.2 Å². The molecular weight excluding hydrogens is 375 g/mol. The molecule has 0 radical (unpaired) electrons. The highest BCUT2D eigenvalue weighted by Gasteiger charge is 2.45. The van der Waals surface area contributed by atoms with Crippen LogP contribution >= 0.6 is 0 Å². The minimum atomic E-state index is -4.50. The van der Waals surface area contributed by atoms with E-state index in [9.17, 15) is 18.0 Å². The molecule has 2 aromatic rings. The Labute approximate surface area is 160 Å². The third-order valence-electron chi connectivity index (χ3n) is 5.03. The van der Waals surface area contributed by atoms with Crippen molar-refractivity contribution in [2.45, 2.75) is 57.5 Å². The molecule has 152 valence electrons. The molecule has 2 saturated heterocycles. The smallest absolute Gasteiger partial charge is 0.420 e. The van der Waals surface area contributed by atoms with Crippen molar-refractivity contribution in [2.75, 3.05) is 18.0 Å². The summed E-state index contributed by atoms with van der Waals surface area (Å²) in [6.45, 7) is 6.40. The SMILES string of the molecule is CC(C)(C)OC(=O)N1C2CCC1CN(c1nc3c(C(F)(F)F)cccn3n1)C2. The summed E-state index contributed by atoms with van der Waals surface area (Å²) in [6.07, 6.45) is -1.75. The molecule has 4 rings (SSSR count). The van der Waals surface area contributed by atoms with Crippen molar-refractivity contribution in [2.24, 2.45) is 0 Å². The van der Waals surface area contributed by atoms with Gasteiger partial charge in [-0.15, -0.1) is 5.10 Å². The summed E-state index contributed by atoms with van der Waals surface area (Å²) in [7, 11) is 0. The summed E-state index contributed by atoms with van der Waals surface area (Å²) >= 11 is 0. The Morgan fingerprint density at radius 3 is 2.39 bits per heavy atom. The molecule has 2 unspecified atom stereocenters. The Morgan fingerprint density at radius 1 is 1.18 bits per heavy atom. The van der Waals surface area contributed by atoms with Crippen LogP contribution in [-0.2, 0) is 10.9 Å². The third kappa shape index (κ3) is 3.35. The number of carbonyl (C=O) groups excluding carboxylic acids is 1. The Hall–Kier alpha value is -2.52. The number of hydrogen-bond acceptors (Lipinski definition) is 5. The molecule has 1 amide bonds. The van der Waals surface area contributed by atoms with Crippen molar-refractivity contribution < 1.29 is 22.7 Å². The van der Waals surface area contributed by atoms with Gasteiger partial charge in [-0.2, -0.15) is 18.2 Å². The van der Waals surface area contributed by atoms with Crippen LogP contribution in [0.4, 0.5) is 23.9 Å². The fraction of sp³-hybridized carbons (Fsp3) is 0.611. The van der Waals surface area contributed by atoms with E-state index in [0.717, 1.165) is 23.4 Å². The molecule has 0 N–H and O–H groups in total. The zero-order chi connectivity index (χ0) is 20.3. The first-order chi connectivity index (χ1) is 13.0. The van der Waals surface area contributed by atoms with E-state index in [1.54, 1.807) is 4.90 Å². The quantitative estimate of drug-likeness (QED) is 0.739. The number of rotatable bonds is 1. The fourth-order valence-electron chi connectivity index (χ4n) is 3.93. The van der Waals surface area contributed by atoms with Crippen molar-refractivity contribution in [1.29, 1.82) is 0 Å². The maximum Gasteiger partial charge on any atom is 0.420 e. The lowest BCUT2D eigenvalue weighted by Gasteiger charge is -2.40. The predicted molar refractivity (Wildman–Crippen MR) is 95.1 cm³/mol. The minimum absolute atomic E-state index is 0.0673. The molecule has 4 heterocycles. The van der Waals surface area contributed by atoms with E-state index in [0.29, 0.717) is 13.1 Å². The minimum Gasteiger partial charge on any atom is -0.444 e. The molecule has 0 aromatic carbocycles. The number of anilines is 1. The number of fused-ring (bicyclic) bond motifs is 3. The van der Waals surface area contributed by atoms with Gasteiger partial charge in [0.15, 0.2) is 5.65 Å². The Balaban J connectivity index is 1.58. The zero-order valence-corrected chi connectivity index (χ0v) is 15.9. The van der Waals surface area contributed by atoms with E-state index in [4.69, 9.17) is 4.74 Å². The van der Waals surface area contributed by atoms with Crippen LogP contribution in [0.2, 0.25) is 0 Å². The monoisotopic (exact) mass is 397 g/mol. The van der Waals surface area contributed by atoms with Crippen LogP contribution in [0.15, 0.2) is 18.3 Å². The number of carbonyl (C=O) groups is 1. The summed E-state index contributed by atoms with van der Waals surface area (Å²) in [5, 5.41) is 4.23. The molecule has 2 fully saturated rings. The Morgan fingerprint density at radius 2 is 1.82 bits per heavy atom. The molecule has 2 bridgehead atoms. The van der Waals surface area contributed by atoms with Crippen LogP contribution < -0.4 is 4.90 Å². The second-order valence-corrected chi connectivity index (χ2v) is 8.28. The summed E-state index contributed by atoms with van der Waals surface area (Å²) < 4.78 is 46.3. The van der Waals surface area contributed by atoms with Crippen molar-refractivity contribution in [1.82, 2.24) is 19.5 Å². The standard InChI is InChI=1S/C18H22F3N5O2/c1-17(2,3)28-16(27)26-11-6-7-12(26)10-24(9-11)15-22-14-13(18(19,20)21)5-4-8-25(14)23-15/h4-5,8,11-12H,6-7,9-10H2,1-3H3. The maximum absolute atomic E-state index is 13.2. The molecule has 0 spiro atoms. The van der Waals surface area contributed by atoms with Crippen molar-refractivity contribution in [3.63, 3.8) is 0 Å². The molecular formula is C18H22F3N5O2. The number of pyridine rings is 1. The van der Waals surface area contributed by atoms with E-state index in [-0.39, 0.29) is 29.8 Å². The average molecular weight is 397 g/mol. The van der Waals surface area contributed by atoms with E-state index in [1.807, 2.05) is 25.7 Å². The summed E-state index contributed by atoms with van der Waals surface area (Å²) in [6, 6.07) is 2.17. The van der Waals surface area contributed by atoms with Gasteiger partial charge in [0.05, 0.1) is 12.1 Å². The van der Waals surface area contributed by atoms with Gasteiger partial charge in [0.25, 0.3) is 0 Å². The van der Waals surface area contributed by atoms with Gasteiger partial charge in [-0.1, -0.05) is 0 Å². The van der Waals surface area contributed by atoms with Gasteiger partial charge in [0.2, 0.25) is 5.95 Å². The molecule has 7 nitrogen and oxygen atoms in total. The van der Waals surface area contributed by atoms with E-state index in [2.05, 4.69) is 10.1 Å². The highest BCUT2D eigenvalue weighted by Crippen LogP contribution is 2.35. The topological polar surface area (TPSA) is 63.0 Å². The van der Waals surface area contributed by atoms with Crippen LogP contribution in [0, 0.1) is 0 Å². The molecule has 2 aromatic heterocycles. The predicted octanol–water partition coefficient (Wildman–Crippen LogP) is 3.34. The zero-order valence-electron chi connectivity index (χ0n) is 15.9. The first-order valence-electron chi connectivity index (χ1n) is 9.22. The first kappa shape index (κ1) is 18.8. The molecule has 0 aliphatic carbocycles. The lowest BCUT2D eigenvalue weighted by Crippen LogP contribution is -2.57. The van der Waals surface area contributed by atoms with E-state index >= 15 is 0 Å². The van der Waals surface area contributed by atoms with Crippen LogP contribution in [-0.4, -0.2) is 56.4 Å². The van der Waals surface area contributed by atoms with Gasteiger partial charge < -0.3 is 9.64 Å². The van der Waals surface area contributed by atoms with Crippen molar-refractivity contribution >= 4 is 17.7 Å². The highest BCUT2D eigenvalue weighted by molar-refractivity contribution is 5.70. The second-order valence-electron chi connectivity index (χ2n) is 8.28. The van der Waals surface area contributed by atoms with Gasteiger partial charge in [-0.05, 0) is 45.7 Å². The van der Waals surface area contributed by atoms with Gasteiger partial charge in [0, 0.05) is 19.3 Å². The maximum atomic E-state index is 13.2. The van der Waals surface area contributed by atoms with Crippen molar-refractivity contribution in [3.8, 4) is 0 Å². The molecule has 2 aliphatic heterocycles. The number of alkyl halides is 3. The van der Waals surface area contributed by atoms with Gasteiger partial charge in [-0.25, -0.2) is 9.31 Å². The molecule has 2 aliphatic rings. The summed E-state index contributed by atoms with van der Waals surface area (Å²) in [5.41, 5.74) is -1.61. The lowest BCUT2D eigenvalue weighted by molar-refractivity contribution is -0.136. The number of nitrogens with zero attached hydrogens (tertiary/aromatic N) is 5.